The van der Waals surface area contributed by atoms with E-state index in [2.05, 4.69) is 15.6 Å². The number of carbonyl (C=O) groups is 2. The average Bonchev–Trinajstić information content (AvgIpc) is 3.28. The Balaban J connectivity index is 1.40. The lowest BCUT2D eigenvalue weighted by atomic mass is 10.1. The highest BCUT2D eigenvalue weighted by molar-refractivity contribution is 7.16. The Morgan fingerprint density at radius 1 is 1.03 bits per heavy atom. The van der Waals surface area contributed by atoms with E-state index in [9.17, 15) is 18.4 Å². The number of halogens is 2. The average molecular weight is 413 g/mol. The molecule has 0 saturated carbocycles. The third kappa shape index (κ3) is 4.32. The lowest BCUT2D eigenvalue weighted by Gasteiger charge is -2.11. The largest absolute Gasteiger partial charge is 0.351 e. The van der Waals surface area contributed by atoms with Crippen molar-refractivity contribution in [3.05, 3.63) is 81.9 Å². The zero-order chi connectivity index (χ0) is 20.4. The molecule has 1 atom stereocenters. The molecule has 29 heavy (non-hydrogen) atoms. The summed E-state index contributed by atoms with van der Waals surface area (Å²) in [4.78, 5) is 30.3. The third-order valence-corrected chi connectivity index (χ3v) is 5.79. The number of thiazole rings is 1. The van der Waals surface area contributed by atoms with E-state index >= 15 is 0 Å². The predicted molar refractivity (Wildman–Crippen MR) is 106 cm³/mol. The second-order valence-corrected chi connectivity index (χ2v) is 7.81. The van der Waals surface area contributed by atoms with Gasteiger partial charge in [0.25, 0.3) is 5.91 Å². The Hall–Kier alpha value is -3.13. The molecule has 0 fully saturated rings. The highest BCUT2D eigenvalue weighted by Crippen LogP contribution is 2.38. The molecule has 1 heterocycles. The minimum absolute atomic E-state index is 0.144. The number of amides is 2. The molecular formula is C21H17F2N3O2S. The van der Waals surface area contributed by atoms with Gasteiger partial charge in [-0.05, 0) is 54.8 Å². The van der Waals surface area contributed by atoms with Crippen LogP contribution < -0.4 is 10.6 Å². The Bertz CT molecular complexity index is 1050. The molecule has 148 valence electrons. The first-order valence-electron chi connectivity index (χ1n) is 9.08. The van der Waals surface area contributed by atoms with Gasteiger partial charge >= 0.3 is 0 Å². The zero-order valence-electron chi connectivity index (χ0n) is 15.2. The monoisotopic (exact) mass is 413 g/mol. The highest BCUT2D eigenvalue weighted by Gasteiger charge is 2.32. The van der Waals surface area contributed by atoms with Crippen LogP contribution in [0, 0.1) is 11.6 Å². The molecule has 0 bridgehead atoms. The van der Waals surface area contributed by atoms with Crippen molar-refractivity contribution in [3.8, 4) is 0 Å². The van der Waals surface area contributed by atoms with E-state index in [4.69, 9.17) is 0 Å². The third-order valence-electron chi connectivity index (χ3n) is 4.74. The van der Waals surface area contributed by atoms with Gasteiger partial charge in [0.2, 0.25) is 5.91 Å². The lowest BCUT2D eigenvalue weighted by molar-refractivity contribution is -0.122. The van der Waals surface area contributed by atoms with E-state index in [0.29, 0.717) is 35.8 Å². The first kappa shape index (κ1) is 19.2. The molecule has 0 radical (unpaired) electrons. The van der Waals surface area contributed by atoms with Crippen LogP contribution >= 0.6 is 11.3 Å². The number of nitrogens with zero attached hydrogens (tertiary/aromatic N) is 1. The standard InChI is InChI=1S/C21H17F2N3O2S/c22-14-5-1-12(2-6-14)11-24-20(28)16-9-10-17-18(16)25-21(29-17)26-19(27)13-3-7-15(23)8-4-13/h1-8,16H,9-11H2,(H,24,28)(H,25,26,27). The molecule has 8 heteroatoms. The van der Waals surface area contributed by atoms with Crippen LogP contribution in [0.5, 0.6) is 0 Å². The molecule has 1 aliphatic carbocycles. The number of aryl methyl sites for hydroxylation is 1. The van der Waals surface area contributed by atoms with Crippen molar-refractivity contribution < 1.29 is 18.4 Å². The van der Waals surface area contributed by atoms with Gasteiger partial charge in [-0.15, -0.1) is 11.3 Å². The van der Waals surface area contributed by atoms with Crippen molar-refractivity contribution in [2.45, 2.75) is 25.3 Å². The number of carbonyl (C=O) groups excluding carboxylic acids is 2. The smallest absolute Gasteiger partial charge is 0.257 e. The lowest BCUT2D eigenvalue weighted by Crippen LogP contribution is -2.28. The zero-order valence-corrected chi connectivity index (χ0v) is 16.1. The molecule has 3 aromatic rings. The molecule has 2 amide bonds. The van der Waals surface area contributed by atoms with Gasteiger partial charge in [-0.2, -0.15) is 0 Å². The van der Waals surface area contributed by atoms with Gasteiger partial charge in [0, 0.05) is 17.0 Å². The van der Waals surface area contributed by atoms with E-state index in [1.165, 1.54) is 47.7 Å². The Morgan fingerprint density at radius 3 is 2.38 bits per heavy atom. The van der Waals surface area contributed by atoms with E-state index in [1.807, 2.05) is 0 Å². The molecule has 2 N–H and O–H groups in total. The quantitative estimate of drug-likeness (QED) is 0.664. The topological polar surface area (TPSA) is 71.1 Å². The molecular weight excluding hydrogens is 396 g/mol. The first-order valence-corrected chi connectivity index (χ1v) is 9.90. The van der Waals surface area contributed by atoms with Gasteiger partial charge in [0.1, 0.15) is 11.6 Å². The molecule has 1 unspecified atom stereocenters. The van der Waals surface area contributed by atoms with Gasteiger partial charge < -0.3 is 5.32 Å². The van der Waals surface area contributed by atoms with Gasteiger partial charge in [0.05, 0.1) is 11.6 Å². The summed E-state index contributed by atoms with van der Waals surface area (Å²) >= 11 is 1.35. The fraction of sp³-hybridized carbons (Fsp3) is 0.190. The fourth-order valence-corrected chi connectivity index (χ4v) is 4.25. The van der Waals surface area contributed by atoms with Crippen LogP contribution in [-0.4, -0.2) is 16.8 Å². The van der Waals surface area contributed by atoms with E-state index in [0.717, 1.165) is 10.4 Å². The Morgan fingerprint density at radius 2 is 1.69 bits per heavy atom. The number of benzene rings is 2. The minimum atomic E-state index is -0.413. The first-order chi connectivity index (χ1) is 14.0. The van der Waals surface area contributed by atoms with E-state index in [1.54, 1.807) is 12.1 Å². The number of rotatable bonds is 5. The van der Waals surface area contributed by atoms with Gasteiger partial charge in [0.15, 0.2) is 5.13 Å². The molecule has 2 aromatic carbocycles. The van der Waals surface area contributed by atoms with Crippen LogP contribution in [0.25, 0.3) is 0 Å². The summed E-state index contributed by atoms with van der Waals surface area (Å²) in [6, 6.07) is 11.2. The van der Waals surface area contributed by atoms with Crippen LogP contribution in [0.4, 0.5) is 13.9 Å². The summed E-state index contributed by atoms with van der Waals surface area (Å²) in [6.45, 7) is 0.309. The number of hydrogen-bond donors (Lipinski definition) is 2. The normalized spacial score (nSPS) is 15.0. The van der Waals surface area contributed by atoms with Crippen molar-refractivity contribution in [1.82, 2.24) is 10.3 Å². The summed E-state index contributed by atoms with van der Waals surface area (Å²) in [5, 5.41) is 5.99. The van der Waals surface area contributed by atoms with Crippen LogP contribution in [0.15, 0.2) is 48.5 Å². The van der Waals surface area contributed by atoms with Gasteiger partial charge in [-0.3, -0.25) is 14.9 Å². The summed E-state index contributed by atoms with van der Waals surface area (Å²) < 4.78 is 26.0. The molecule has 0 spiro atoms. The summed E-state index contributed by atoms with van der Waals surface area (Å²) in [5.41, 5.74) is 1.82. The Labute approximate surface area is 169 Å². The van der Waals surface area contributed by atoms with Crippen LogP contribution in [0.3, 0.4) is 0 Å². The SMILES string of the molecule is O=C(Nc1nc2c(s1)CCC2C(=O)NCc1ccc(F)cc1)c1ccc(F)cc1. The number of hydrogen-bond acceptors (Lipinski definition) is 4. The van der Waals surface area contributed by atoms with E-state index in [-0.39, 0.29) is 23.5 Å². The molecule has 1 aliphatic rings. The predicted octanol–water partition coefficient (Wildman–Crippen LogP) is 4.02. The van der Waals surface area contributed by atoms with Crippen LogP contribution in [-0.2, 0) is 17.8 Å². The molecule has 5 nitrogen and oxygen atoms in total. The molecule has 0 saturated heterocycles. The molecule has 4 rings (SSSR count). The maximum atomic E-state index is 13.0. The van der Waals surface area contributed by atoms with Gasteiger partial charge in [-0.1, -0.05) is 12.1 Å². The van der Waals surface area contributed by atoms with Gasteiger partial charge in [-0.25, -0.2) is 13.8 Å². The van der Waals surface area contributed by atoms with Crippen molar-refractivity contribution in [2.75, 3.05) is 5.32 Å². The molecule has 0 aliphatic heterocycles. The van der Waals surface area contributed by atoms with Crippen molar-refractivity contribution in [2.24, 2.45) is 0 Å². The number of nitrogens with one attached hydrogen (secondary N) is 2. The summed E-state index contributed by atoms with van der Waals surface area (Å²) in [6.07, 6.45) is 1.38. The van der Waals surface area contributed by atoms with Crippen molar-refractivity contribution in [3.63, 3.8) is 0 Å². The number of anilines is 1. The second kappa shape index (κ2) is 8.08. The van der Waals surface area contributed by atoms with Crippen LogP contribution in [0.2, 0.25) is 0 Å². The number of aromatic nitrogens is 1. The Kier molecular flexibility index (Phi) is 5.35. The minimum Gasteiger partial charge on any atom is -0.351 e. The second-order valence-electron chi connectivity index (χ2n) is 6.72. The van der Waals surface area contributed by atoms with Crippen molar-refractivity contribution in [1.29, 1.82) is 0 Å². The highest BCUT2D eigenvalue weighted by atomic mass is 32.1. The number of fused-ring (bicyclic) bond motifs is 1. The summed E-state index contributed by atoms with van der Waals surface area (Å²) in [5.74, 6) is -1.63. The summed E-state index contributed by atoms with van der Waals surface area (Å²) in [7, 11) is 0. The van der Waals surface area contributed by atoms with Crippen LogP contribution in [0.1, 0.15) is 38.8 Å². The maximum Gasteiger partial charge on any atom is 0.257 e. The fourth-order valence-electron chi connectivity index (χ4n) is 3.22. The maximum absolute atomic E-state index is 13.0. The van der Waals surface area contributed by atoms with E-state index < -0.39 is 5.82 Å². The molecule has 1 aromatic heterocycles. The van der Waals surface area contributed by atoms with Crippen molar-refractivity contribution >= 4 is 28.3 Å².